The van der Waals surface area contributed by atoms with E-state index in [9.17, 15) is 0 Å². The van der Waals surface area contributed by atoms with Crippen molar-refractivity contribution in [3.05, 3.63) is 29.8 Å². The number of hydrogen-bond donors (Lipinski definition) is 1. The third kappa shape index (κ3) is 3.79. The van der Waals surface area contributed by atoms with Crippen molar-refractivity contribution in [1.82, 2.24) is 5.32 Å². The Labute approximate surface area is 129 Å². The minimum absolute atomic E-state index is 0.673. The third-order valence-corrected chi connectivity index (χ3v) is 5.31. The van der Waals surface area contributed by atoms with Gasteiger partial charge in [0.05, 0.1) is 0 Å². The van der Waals surface area contributed by atoms with Crippen molar-refractivity contribution in [1.29, 1.82) is 0 Å². The van der Waals surface area contributed by atoms with E-state index in [1.807, 2.05) is 0 Å². The number of benzene rings is 1. The summed E-state index contributed by atoms with van der Waals surface area (Å²) in [7, 11) is 0. The van der Waals surface area contributed by atoms with Crippen LogP contribution in [0.3, 0.4) is 0 Å². The number of nitrogens with zero attached hydrogens (tertiary/aromatic N) is 1. The fraction of sp³-hybridized carbons (Fsp3) is 0.684. The Morgan fingerprint density at radius 3 is 2.67 bits per heavy atom. The van der Waals surface area contributed by atoms with Crippen LogP contribution in [0.15, 0.2) is 24.3 Å². The molecule has 116 valence electrons. The van der Waals surface area contributed by atoms with Crippen molar-refractivity contribution in [2.45, 2.75) is 64.5 Å². The van der Waals surface area contributed by atoms with E-state index >= 15 is 0 Å². The van der Waals surface area contributed by atoms with Gasteiger partial charge < -0.3 is 10.2 Å². The highest BCUT2D eigenvalue weighted by molar-refractivity contribution is 5.49. The zero-order valence-corrected chi connectivity index (χ0v) is 13.6. The number of rotatable bonds is 4. The Hall–Kier alpha value is -1.02. The SMILES string of the molecule is CCC1CC(NC2CCCC2)CN(c2cccc(C)c2)C1. The van der Waals surface area contributed by atoms with Gasteiger partial charge in [0.1, 0.15) is 0 Å². The summed E-state index contributed by atoms with van der Waals surface area (Å²) in [5.74, 6) is 0.832. The number of hydrogen-bond acceptors (Lipinski definition) is 2. The van der Waals surface area contributed by atoms with Crippen molar-refractivity contribution in [3.63, 3.8) is 0 Å². The highest BCUT2D eigenvalue weighted by atomic mass is 15.2. The van der Waals surface area contributed by atoms with Crippen LogP contribution in [0.2, 0.25) is 0 Å². The molecule has 2 atom stereocenters. The fourth-order valence-electron chi connectivity index (χ4n) is 4.08. The smallest absolute Gasteiger partial charge is 0.0369 e. The highest BCUT2D eigenvalue weighted by Crippen LogP contribution is 2.27. The summed E-state index contributed by atoms with van der Waals surface area (Å²) in [6, 6.07) is 10.5. The number of nitrogens with one attached hydrogen (secondary N) is 1. The molecule has 2 unspecified atom stereocenters. The summed E-state index contributed by atoms with van der Waals surface area (Å²) in [6.07, 6.45) is 8.27. The average Bonchev–Trinajstić information content (AvgIpc) is 3.00. The molecule has 1 aliphatic heterocycles. The Bertz CT molecular complexity index is 451. The van der Waals surface area contributed by atoms with Gasteiger partial charge in [-0.25, -0.2) is 0 Å². The quantitative estimate of drug-likeness (QED) is 0.895. The molecule has 1 aromatic carbocycles. The van der Waals surface area contributed by atoms with E-state index in [-0.39, 0.29) is 0 Å². The summed E-state index contributed by atoms with van der Waals surface area (Å²) in [6.45, 7) is 6.94. The molecule has 0 radical (unpaired) electrons. The number of piperidine rings is 1. The molecule has 3 rings (SSSR count). The first-order valence-electron chi connectivity index (χ1n) is 8.82. The molecule has 2 fully saturated rings. The maximum Gasteiger partial charge on any atom is 0.0369 e. The van der Waals surface area contributed by atoms with Gasteiger partial charge in [-0.3, -0.25) is 0 Å². The average molecular weight is 286 g/mol. The summed E-state index contributed by atoms with van der Waals surface area (Å²) in [5.41, 5.74) is 2.78. The van der Waals surface area contributed by atoms with Crippen molar-refractivity contribution in [2.75, 3.05) is 18.0 Å². The molecule has 1 heterocycles. The molecule has 1 aliphatic carbocycles. The Morgan fingerprint density at radius 2 is 1.95 bits per heavy atom. The van der Waals surface area contributed by atoms with E-state index in [1.165, 1.54) is 62.9 Å². The summed E-state index contributed by atoms with van der Waals surface area (Å²) in [5, 5.41) is 3.95. The van der Waals surface area contributed by atoms with Crippen LogP contribution in [-0.4, -0.2) is 25.2 Å². The zero-order valence-electron chi connectivity index (χ0n) is 13.6. The van der Waals surface area contributed by atoms with Crippen LogP contribution in [0.1, 0.15) is 51.0 Å². The number of aryl methyl sites for hydroxylation is 1. The number of anilines is 1. The molecular weight excluding hydrogens is 256 g/mol. The Balaban J connectivity index is 1.68. The highest BCUT2D eigenvalue weighted by Gasteiger charge is 2.28. The molecule has 1 aromatic rings. The predicted molar refractivity (Wildman–Crippen MR) is 91.0 cm³/mol. The summed E-state index contributed by atoms with van der Waals surface area (Å²) < 4.78 is 0. The van der Waals surface area contributed by atoms with Gasteiger partial charge in [0.15, 0.2) is 0 Å². The Kier molecular flexibility index (Phi) is 4.84. The maximum absolute atomic E-state index is 3.95. The lowest BCUT2D eigenvalue weighted by Gasteiger charge is -2.40. The van der Waals surface area contributed by atoms with Crippen LogP contribution < -0.4 is 10.2 Å². The molecule has 1 saturated carbocycles. The van der Waals surface area contributed by atoms with Gasteiger partial charge >= 0.3 is 0 Å². The molecule has 1 saturated heterocycles. The second kappa shape index (κ2) is 6.83. The first-order valence-corrected chi connectivity index (χ1v) is 8.82. The van der Waals surface area contributed by atoms with Crippen LogP contribution in [0.4, 0.5) is 5.69 Å². The molecule has 2 heteroatoms. The van der Waals surface area contributed by atoms with E-state index in [2.05, 4.69) is 48.3 Å². The molecule has 2 nitrogen and oxygen atoms in total. The molecule has 2 aliphatic rings. The van der Waals surface area contributed by atoms with Gasteiger partial charge in [-0.05, 0) is 49.8 Å². The topological polar surface area (TPSA) is 15.3 Å². The van der Waals surface area contributed by atoms with Crippen molar-refractivity contribution >= 4 is 5.69 Å². The lowest BCUT2D eigenvalue weighted by atomic mass is 9.91. The summed E-state index contributed by atoms with van der Waals surface area (Å²) in [4.78, 5) is 2.61. The maximum atomic E-state index is 3.95. The molecule has 21 heavy (non-hydrogen) atoms. The third-order valence-electron chi connectivity index (χ3n) is 5.31. The van der Waals surface area contributed by atoms with Gasteiger partial charge in [0, 0.05) is 30.9 Å². The van der Waals surface area contributed by atoms with E-state index in [1.54, 1.807) is 0 Å². The molecule has 0 spiro atoms. The lowest BCUT2D eigenvalue weighted by molar-refractivity contribution is 0.304. The van der Waals surface area contributed by atoms with Crippen LogP contribution >= 0.6 is 0 Å². The van der Waals surface area contributed by atoms with E-state index in [4.69, 9.17) is 0 Å². The molecule has 0 aromatic heterocycles. The van der Waals surface area contributed by atoms with E-state index in [0.29, 0.717) is 6.04 Å². The van der Waals surface area contributed by atoms with Crippen LogP contribution in [0, 0.1) is 12.8 Å². The van der Waals surface area contributed by atoms with E-state index in [0.717, 1.165) is 12.0 Å². The van der Waals surface area contributed by atoms with Gasteiger partial charge in [-0.2, -0.15) is 0 Å². The van der Waals surface area contributed by atoms with Crippen LogP contribution in [0.25, 0.3) is 0 Å². The normalized spacial score (nSPS) is 27.2. The van der Waals surface area contributed by atoms with Gasteiger partial charge in [0.25, 0.3) is 0 Å². The van der Waals surface area contributed by atoms with Crippen molar-refractivity contribution < 1.29 is 0 Å². The first kappa shape index (κ1) is 14.9. The largest absolute Gasteiger partial charge is 0.370 e. The molecular formula is C19H30N2. The Morgan fingerprint density at radius 1 is 1.14 bits per heavy atom. The summed E-state index contributed by atoms with van der Waals surface area (Å²) >= 11 is 0. The zero-order chi connectivity index (χ0) is 14.7. The van der Waals surface area contributed by atoms with Crippen LogP contribution in [0.5, 0.6) is 0 Å². The predicted octanol–water partition coefficient (Wildman–Crippen LogP) is 4.13. The van der Waals surface area contributed by atoms with Gasteiger partial charge in [0.2, 0.25) is 0 Å². The van der Waals surface area contributed by atoms with Crippen molar-refractivity contribution in [3.8, 4) is 0 Å². The van der Waals surface area contributed by atoms with E-state index < -0.39 is 0 Å². The second-order valence-electron chi connectivity index (χ2n) is 7.10. The van der Waals surface area contributed by atoms with Gasteiger partial charge in [-0.1, -0.05) is 38.3 Å². The second-order valence-corrected chi connectivity index (χ2v) is 7.10. The fourth-order valence-corrected chi connectivity index (χ4v) is 4.08. The first-order chi connectivity index (χ1) is 10.2. The molecule has 1 N–H and O–H groups in total. The molecule has 0 amide bonds. The molecule has 0 bridgehead atoms. The standard InChI is InChI=1S/C19H30N2/c1-3-16-12-18(20-17-8-4-5-9-17)14-21(13-16)19-10-6-7-15(2)11-19/h6-7,10-11,16-18,20H,3-5,8-9,12-14H2,1-2H3. The minimum Gasteiger partial charge on any atom is -0.370 e. The minimum atomic E-state index is 0.673. The van der Waals surface area contributed by atoms with Crippen molar-refractivity contribution in [2.24, 2.45) is 5.92 Å². The van der Waals surface area contributed by atoms with Gasteiger partial charge in [-0.15, -0.1) is 0 Å². The van der Waals surface area contributed by atoms with Crippen LogP contribution in [-0.2, 0) is 0 Å². The monoisotopic (exact) mass is 286 g/mol. The lowest BCUT2D eigenvalue weighted by Crippen LogP contribution is -2.51.